The van der Waals surface area contributed by atoms with Crippen LogP contribution in [0.15, 0.2) is 0 Å². The van der Waals surface area contributed by atoms with Crippen LogP contribution in [0.25, 0.3) is 0 Å². The Bertz CT molecular complexity index is 318. The van der Waals surface area contributed by atoms with Crippen LogP contribution in [0.3, 0.4) is 0 Å². The molecule has 0 amide bonds. The Morgan fingerprint density at radius 3 is 1.55 bits per heavy atom. The fourth-order valence-electron chi connectivity index (χ4n) is 2.59. The van der Waals surface area contributed by atoms with Gasteiger partial charge in [0.15, 0.2) is 0 Å². The first-order valence-electron chi connectivity index (χ1n) is 6.87. The van der Waals surface area contributed by atoms with Crippen LogP contribution in [-0.2, 0) is 20.9 Å². The van der Waals surface area contributed by atoms with E-state index >= 15 is 0 Å². The van der Waals surface area contributed by atoms with Crippen molar-refractivity contribution in [1.29, 1.82) is 0 Å². The molecule has 0 aromatic heterocycles. The third-order valence-corrected chi connectivity index (χ3v) is 18.9. The first-order chi connectivity index (χ1) is 8.95. The molecule has 1 saturated heterocycles. The highest BCUT2D eigenvalue weighted by atomic mass is 35.5. The van der Waals surface area contributed by atoms with Crippen LogP contribution in [0.4, 0.5) is 0 Å². The van der Waals surface area contributed by atoms with Crippen molar-refractivity contribution in [2.45, 2.75) is 51.7 Å². The summed E-state index contributed by atoms with van der Waals surface area (Å²) in [6.45, 7) is 12.2. The molecule has 0 aliphatic carbocycles. The molecule has 0 atom stereocenters. The van der Waals surface area contributed by atoms with Gasteiger partial charge >= 0.3 is 34.5 Å². The number of alkyl halides is 1. The van der Waals surface area contributed by atoms with Crippen LogP contribution in [0.5, 0.6) is 0 Å². The lowest BCUT2D eigenvalue weighted by atomic mass is 10.6. The highest BCUT2D eigenvalue weighted by molar-refractivity contribution is 6.91. The second-order valence-electron chi connectivity index (χ2n) is 6.29. The Balaban J connectivity index is 3.06. The van der Waals surface area contributed by atoms with E-state index in [1.165, 1.54) is 0 Å². The van der Waals surface area contributed by atoms with Gasteiger partial charge in [-0.2, -0.15) is 0 Å². The van der Waals surface area contributed by atoms with Crippen LogP contribution in [0, 0.1) is 0 Å². The second-order valence-corrected chi connectivity index (χ2v) is 20.6. The Hall–Kier alpha value is 0.958. The van der Waals surface area contributed by atoms with Crippen molar-refractivity contribution >= 4 is 46.1 Å². The summed E-state index contributed by atoms with van der Waals surface area (Å²) in [7, 11) is -8.07. The summed E-state index contributed by atoms with van der Waals surface area (Å²) in [6.07, 6.45) is 0.803. The molecule has 1 aliphatic rings. The lowest BCUT2D eigenvalue weighted by molar-refractivity contribution is 0.146. The van der Waals surface area contributed by atoms with E-state index in [1.807, 2.05) is 39.3 Å². The molecule has 0 N–H and O–H groups in total. The molecule has 0 aromatic carbocycles. The van der Waals surface area contributed by atoms with Gasteiger partial charge in [0.1, 0.15) is 0 Å². The van der Waals surface area contributed by atoms with E-state index < -0.39 is 34.5 Å². The first-order valence-corrected chi connectivity index (χ1v) is 17.8. The molecular weight excluding hydrogens is 348 g/mol. The fourth-order valence-corrected chi connectivity index (χ4v) is 22.9. The lowest BCUT2D eigenvalue weighted by Crippen LogP contribution is -2.66. The smallest absolute Gasteiger partial charge is 0.416 e. The molecule has 0 aromatic rings. The van der Waals surface area contributed by atoms with E-state index in [0.717, 1.165) is 6.42 Å². The van der Waals surface area contributed by atoms with Crippen LogP contribution in [-0.4, -0.2) is 47.5 Å². The van der Waals surface area contributed by atoms with Gasteiger partial charge in [0.05, 0.1) is 0 Å². The largest absolute Gasteiger partial charge is 0.482 e. The predicted octanol–water partition coefficient (Wildman–Crippen LogP) is 3.39. The molecule has 10 heteroatoms. The Kier molecular flexibility index (Phi) is 6.27. The predicted molar refractivity (Wildman–Crippen MR) is 89.7 cm³/mol. The van der Waals surface area contributed by atoms with Gasteiger partial charge < -0.3 is 20.9 Å². The molecule has 120 valence electrons. The summed E-state index contributed by atoms with van der Waals surface area (Å²) >= 11 is 5.82. The molecule has 0 radical (unpaired) electrons. The van der Waals surface area contributed by atoms with Gasteiger partial charge in [-0.05, 0) is 45.7 Å². The quantitative estimate of drug-likeness (QED) is 0.557. The van der Waals surface area contributed by atoms with Crippen molar-refractivity contribution in [3.8, 4) is 0 Å². The number of halogens is 1. The van der Waals surface area contributed by atoms with E-state index in [0.29, 0.717) is 11.9 Å². The normalized spacial score (nSPS) is 27.6. The molecule has 1 rings (SSSR count). The Morgan fingerprint density at radius 2 is 1.20 bits per heavy atom. The van der Waals surface area contributed by atoms with Gasteiger partial charge in [-0.15, -0.1) is 11.6 Å². The monoisotopic (exact) mass is 374 g/mol. The minimum absolute atomic E-state index is 0.566. The van der Waals surface area contributed by atoms with Crippen molar-refractivity contribution in [2.24, 2.45) is 0 Å². The maximum atomic E-state index is 6.33. The minimum Gasteiger partial charge on any atom is -0.416 e. The summed E-state index contributed by atoms with van der Waals surface area (Å²) in [5.41, 5.74) is 0. The maximum absolute atomic E-state index is 6.33. The summed E-state index contributed by atoms with van der Waals surface area (Å²) in [4.78, 5) is 0. The van der Waals surface area contributed by atoms with Crippen molar-refractivity contribution in [3.63, 3.8) is 0 Å². The van der Waals surface area contributed by atoms with Gasteiger partial charge in [0.2, 0.25) is 0 Å². The standard InChI is InChI=1S/C10H27ClO5Si4/c1-12-20(10-8-9-11)15-18(4,5)13-17(2,3)14-19(6,7)16-20/h8-10H2,1-7H3. The van der Waals surface area contributed by atoms with Crippen LogP contribution >= 0.6 is 11.6 Å². The zero-order chi connectivity index (χ0) is 15.7. The molecule has 1 aliphatic heterocycles. The van der Waals surface area contributed by atoms with Gasteiger partial charge in [0.25, 0.3) is 0 Å². The Labute approximate surface area is 132 Å². The number of hydrogen-bond donors (Lipinski definition) is 0. The summed E-state index contributed by atoms with van der Waals surface area (Å²) in [6, 6.07) is 0.703. The van der Waals surface area contributed by atoms with E-state index in [1.54, 1.807) is 7.11 Å². The molecule has 5 nitrogen and oxygen atoms in total. The molecule has 0 spiro atoms. The van der Waals surface area contributed by atoms with Crippen molar-refractivity contribution in [2.75, 3.05) is 13.0 Å². The van der Waals surface area contributed by atoms with E-state index in [4.69, 9.17) is 32.5 Å². The molecule has 1 fully saturated rings. The topological polar surface area (TPSA) is 46.2 Å². The molecule has 0 bridgehead atoms. The molecular formula is C10H27ClO5Si4. The van der Waals surface area contributed by atoms with Gasteiger partial charge in [-0.1, -0.05) is 0 Å². The van der Waals surface area contributed by atoms with Crippen LogP contribution < -0.4 is 0 Å². The highest BCUT2D eigenvalue weighted by Crippen LogP contribution is 2.33. The highest BCUT2D eigenvalue weighted by Gasteiger charge is 2.55. The van der Waals surface area contributed by atoms with Crippen molar-refractivity contribution < 1.29 is 20.9 Å². The van der Waals surface area contributed by atoms with Gasteiger partial charge in [-0.3, -0.25) is 0 Å². The van der Waals surface area contributed by atoms with E-state index in [-0.39, 0.29) is 0 Å². The van der Waals surface area contributed by atoms with Gasteiger partial charge in [-0.25, -0.2) is 0 Å². The van der Waals surface area contributed by atoms with Gasteiger partial charge in [0, 0.05) is 19.0 Å². The third kappa shape index (κ3) is 5.63. The maximum Gasteiger partial charge on any atom is 0.482 e. The molecule has 0 unspecified atom stereocenters. The summed E-state index contributed by atoms with van der Waals surface area (Å²) < 4.78 is 30.9. The average molecular weight is 375 g/mol. The molecule has 1 heterocycles. The molecule has 0 saturated carbocycles. The number of hydrogen-bond acceptors (Lipinski definition) is 5. The zero-order valence-electron chi connectivity index (χ0n) is 13.5. The van der Waals surface area contributed by atoms with E-state index in [2.05, 4.69) is 0 Å². The van der Waals surface area contributed by atoms with E-state index in [9.17, 15) is 0 Å². The summed E-state index contributed by atoms with van der Waals surface area (Å²) in [5.74, 6) is 0.566. The third-order valence-electron chi connectivity index (χ3n) is 2.71. The summed E-state index contributed by atoms with van der Waals surface area (Å²) in [5, 5.41) is 0. The van der Waals surface area contributed by atoms with Crippen LogP contribution in [0.2, 0.25) is 45.3 Å². The Morgan fingerprint density at radius 1 is 0.800 bits per heavy atom. The lowest BCUT2D eigenvalue weighted by Gasteiger charge is -2.47. The van der Waals surface area contributed by atoms with Crippen molar-refractivity contribution in [3.05, 3.63) is 0 Å². The number of rotatable bonds is 4. The van der Waals surface area contributed by atoms with Crippen molar-refractivity contribution in [1.82, 2.24) is 0 Å². The fraction of sp³-hybridized carbons (Fsp3) is 1.00. The van der Waals surface area contributed by atoms with Crippen LogP contribution in [0.1, 0.15) is 6.42 Å². The SMILES string of the molecule is CO[Si]1(CCCCl)O[Si](C)(C)O[Si](C)(C)O[Si](C)(C)O1. The minimum atomic E-state index is -2.78. The second kappa shape index (κ2) is 6.60. The molecule has 20 heavy (non-hydrogen) atoms. The first kappa shape index (κ1) is 19.0. The zero-order valence-corrected chi connectivity index (χ0v) is 18.3. The average Bonchev–Trinajstić information content (AvgIpc) is 2.19.